The van der Waals surface area contributed by atoms with Gasteiger partial charge in [-0.2, -0.15) is 0 Å². The number of pyridine rings is 1. The smallest absolute Gasteiger partial charge is 0.320 e. The maximum atomic E-state index is 12.8. The van der Waals surface area contributed by atoms with Gasteiger partial charge in [0.15, 0.2) is 0 Å². The number of benzene rings is 1. The second-order valence-corrected chi connectivity index (χ2v) is 8.80. The Morgan fingerprint density at radius 3 is 2.50 bits per heavy atom. The van der Waals surface area contributed by atoms with E-state index in [4.69, 9.17) is 0 Å². The normalized spacial score (nSPS) is 18.2. The molecular weight excluding hydrogens is 376 g/mol. The third-order valence-corrected chi connectivity index (χ3v) is 6.10. The van der Waals surface area contributed by atoms with Crippen molar-refractivity contribution in [3.05, 3.63) is 65.0 Å². The van der Waals surface area contributed by atoms with Crippen molar-refractivity contribution in [1.29, 1.82) is 0 Å². The van der Waals surface area contributed by atoms with E-state index in [1.54, 1.807) is 4.90 Å². The Balaban J connectivity index is 1.27. The average molecular weight is 409 g/mol. The monoisotopic (exact) mass is 408 g/mol. The molecule has 0 aliphatic carbocycles. The second-order valence-electron chi connectivity index (χ2n) is 8.80. The number of nitrogens with zero attached hydrogens (tertiary/aromatic N) is 4. The summed E-state index contributed by atoms with van der Waals surface area (Å²) in [6, 6.07) is 12.6. The molecule has 1 saturated heterocycles. The van der Waals surface area contributed by atoms with Crippen molar-refractivity contribution in [2.24, 2.45) is 0 Å². The maximum absolute atomic E-state index is 12.8. The van der Waals surface area contributed by atoms with Crippen molar-refractivity contribution in [3.63, 3.8) is 0 Å². The van der Waals surface area contributed by atoms with Crippen LogP contribution >= 0.6 is 0 Å². The molecule has 2 aromatic rings. The van der Waals surface area contributed by atoms with Crippen LogP contribution in [0.5, 0.6) is 0 Å². The van der Waals surface area contributed by atoms with E-state index < -0.39 is 6.10 Å². The fraction of sp³-hybridized carbons (Fsp3) is 0.500. The minimum absolute atomic E-state index is 0.00553. The molecule has 1 fully saturated rings. The number of fused-ring (bicyclic) bond motifs is 1. The number of aliphatic hydroxyl groups is 1. The van der Waals surface area contributed by atoms with Gasteiger partial charge >= 0.3 is 6.03 Å². The molecule has 4 rings (SSSR count). The number of hydrogen-bond donors (Lipinski definition) is 1. The summed E-state index contributed by atoms with van der Waals surface area (Å²) in [5.41, 5.74) is 4.86. The lowest BCUT2D eigenvalue weighted by molar-refractivity contribution is 0.0812. The molecular formula is C24H32N4O2. The predicted octanol–water partition coefficient (Wildman–Crippen LogP) is 2.86. The molecule has 160 valence electrons. The molecule has 0 saturated carbocycles. The Labute approximate surface area is 179 Å². The van der Waals surface area contributed by atoms with Crippen LogP contribution in [0.15, 0.2) is 42.6 Å². The highest BCUT2D eigenvalue weighted by Crippen LogP contribution is 2.20. The summed E-state index contributed by atoms with van der Waals surface area (Å²) in [5.74, 6) is 0.401. The molecule has 2 aliphatic heterocycles. The molecule has 0 spiro atoms. The highest BCUT2D eigenvalue weighted by Gasteiger charge is 2.30. The van der Waals surface area contributed by atoms with Gasteiger partial charge in [-0.15, -0.1) is 0 Å². The van der Waals surface area contributed by atoms with Crippen LogP contribution < -0.4 is 0 Å². The summed E-state index contributed by atoms with van der Waals surface area (Å²) < 4.78 is 0. The van der Waals surface area contributed by atoms with Crippen molar-refractivity contribution >= 4 is 6.03 Å². The Morgan fingerprint density at radius 1 is 1.00 bits per heavy atom. The third kappa shape index (κ3) is 4.82. The van der Waals surface area contributed by atoms with Gasteiger partial charge in [-0.1, -0.05) is 44.2 Å². The van der Waals surface area contributed by atoms with Crippen LogP contribution in [0.4, 0.5) is 4.79 Å². The molecule has 2 aliphatic rings. The van der Waals surface area contributed by atoms with E-state index in [9.17, 15) is 9.90 Å². The number of rotatable bonds is 7. The number of hydrogen-bond acceptors (Lipinski definition) is 4. The van der Waals surface area contributed by atoms with Gasteiger partial charge in [-0.05, 0) is 35.1 Å². The standard InChI is InChI=1S/C24H32N4O2/c1-18(2)23-8-7-19(13-25-23)14-27-11-12-28(24(27)30)17-22(29)16-26-10-9-20-5-3-4-6-21(20)15-26/h3-8,13,18,22,29H,9-12,14-17H2,1-2H3. The number of aromatic nitrogens is 1. The highest BCUT2D eigenvalue weighted by atomic mass is 16.3. The van der Waals surface area contributed by atoms with Crippen LogP contribution in [0.25, 0.3) is 0 Å². The van der Waals surface area contributed by atoms with Crippen LogP contribution in [0.2, 0.25) is 0 Å². The Hall–Kier alpha value is -2.44. The molecule has 3 heterocycles. The average Bonchev–Trinajstić information content (AvgIpc) is 3.07. The van der Waals surface area contributed by atoms with E-state index in [0.717, 1.165) is 30.8 Å². The molecule has 1 atom stereocenters. The van der Waals surface area contributed by atoms with Gasteiger partial charge in [-0.3, -0.25) is 9.88 Å². The molecule has 1 N–H and O–H groups in total. The SMILES string of the molecule is CC(C)c1ccc(CN2CCN(CC(O)CN3CCc4ccccc4C3)C2=O)cn1. The van der Waals surface area contributed by atoms with Gasteiger partial charge in [0.1, 0.15) is 0 Å². The van der Waals surface area contributed by atoms with Gasteiger partial charge < -0.3 is 14.9 Å². The minimum Gasteiger partial charge on any atom is -0.390 e. The zero-order chi connectivity index (χ0) is 21.1. The maximum Gasteiger partial charge on any atom is 0.320 e. The van der Waals surface area contributed by atoms with E-state index in [-0.39, 0.29) is 6.03 Å². The zero-order valence-corrected chi connectivity index (χ0v) is 18.0. The van der Waals surface area contributed by atoms with E-state index in [0.29, 0.717) is 38.6 Å². The topological polar surface area (TPSA) is 59.9 Å². The number of β-amino-alcohol motifs (C(OH)–C–C–N with tert-alkyl or cyclic N) is 1. The van der Waals surface area contributed by atoms with Crippen molar-refractivity contribution in [1.82, 2.24) is 19.7 Å². The number of carbonyl (C=O) groups is 1. The first-order chi connectivity index (χ1) is 14.5. The van der Waals surface area contributed by atoms with Crippen molar-refractivity contribution < 1.29 is 9.90 Å². The van der Waals surface area contributed by atoms with Gasteiger partial charge in [0.2, 0.25) is 0 Å². The lowest BCUT2D eigenvalue weighted by atomic mass is 10.00. The molecule has 6 heteroatoms. The molecule has 6 nitrogen and oxygen atoms in total. The number of amides is 2. The van der Waals surface area contributed by atoms with Crippen LogP contribution in [-0.2, 0) is 19.5 Å². The fourth-order valence-electron chi connectivity index (χ4n) is 4.36. The van der Waals surface area contributed by atoms with E-state index in [2.05, 4.69) is 54.1 Å². The van der Waals surface area contributed by atoms with E-state index in [1.807, 2.05) is 17.2 Å². The van der Waals surface area contributed by atoms with E-state index >= 15 is 0 Å². The largest absolute Gasteiger partial charge is 0.390 e. The van der Waals surface area contributed by atoms with Crippen molar-refractivity contribution in [2.45, 2.75) is 45.4 Å². The first kappa shape index (κ1) is 20.8. The van der Waals surface area contributed by atoms with E-state index in [1.165, 1.54) is 11.1 Å². The lowest BCUT2D eigenvalue weighted by Crippen LogP contribution is -2.43. The predicted molar refractivity (Wildman–Crippen MR) is 117 cm³/mol. The van der Waals surface area contributed by atoms with Crippen molar-refractivity contribution in [3.8, 4) is 0 Å². The number of urea groups is 1. The summed E-state index contributed by atoms with van der Waals surface area (Å²) >= 11 is 0. The quantitative estimate of drug-likeness (QED) is 0.765. The van der Waals surface area contributed by atoms with Crippen LogP contribution in [0, 0.1) is 0 Å². The van der Waals surface area contributed by atoms with Gasteiger partial charge in [0.25, 0.3) is 0 Å². The molecule has 0 radical (unpaired) electrons. The van der Waals surface area contributed by atoms with Gasteiger partial charge in [0.05, 0.1) is 6.10 Å². The number of carbonyl (C=O) groups excluding carboxylic acids is 1. The lowest BCUT2D eigenvalue weighted by Gasteiger charge is -2.31. The summed E-state index contributed by atoms with van der Waals surface area (Å²) in [4.78, 5) is 23.2. The molecule has 30 heavy (non-hydrogen) atoms. The van der Waals surface area contributed by atoms with Crippen LogP contribution in [0.1, 0.15) is 42.1 Å². The van der Waals surface area contributed by atoms with Crippen molar-refractivity contribution in [2.75, 3.05) is 32.7 Å². The third-order valence-electron chi connectivity index (χ3n) is 6.10. The molecule has 0 bridgehead atoms. The highest BCUT2D eigenvalue weighted by molar-refractivity contribution is 5.76. The molecule has 1 aromatic carbocycles. The summed E-state index contributed by atoms with van der Waals surface area (Å²) in [6.07, 6.45) is 2.35. The van der Waals surface area contributed by atoms with Gasteiger partial charge in [0, 0.05) is 57.7 Å². The molecule has 2 amide bonds. The van der Waals surface area contributed by atoms with Crippen LogP contribution in [-0.4, -0.2) is 69.6 Å². The Bertz CT molecular complexity index is 868. The van der Waals surface area contributed by atoms with Crippen LogP contribution in [0.3, 0.4) is 0 Å². The summed E-state index contributed by atoms with van der Waals surface area (Å²) in [5, 5.41) is 10.6. The summed E-state index contributed by atoms with van der Waals surface area (Å²) in [7, 11) is 0. The Morgan fingerprint density at radius 2 is 1.77 bits per heavy atom. The second kappa shape index (κ2) is 9.14. The minimum atomic E-state index is -0.536. The first-order valence-electron chi connectivity index (χ1n) is 11.0. The Kier molecular flexibility index (Phi) is 6.35. The molecule has 1 unspecified atom stereocenters. The zero-order valence-electron chi connectivity index (χ0n) is 18.0. The molecule has 1 aromatic heterocycles. The summed E-state index contributed by atoms with van der Waals surface area (Å²) in [6.45, 7) is 8.97. The fourth-order valence-corrected chi connectivity index (χ4v) is 4.36. The van der Waals surface area contributed by atoms with Gasteiger partial charge in [-0.25, -0.2) is 4.79 Å². The first-order valence-corrected chi connectivity index (χ1v) is 11.0. The number of aliphatic hydroxyl groups excluding tert-OH is 1.